The average Bonchev–Trinajstić information content (AvgIpc) is 3.27. The number of nitrogens with one attached hydrogen (secondary N) is 1. The van der Waals surface area contributed by atoms with Crippen LogP contribution in [0, 0.1) is 11.8 Å². The fraction of sp³-hybridized carbons (Fsp3) is 0.478. The Hall–Kier alpha value is -3.07. The molecule has 33 heavy (non-hydrogen) atoms. The lowest BCUT2D eigenvalue weighted by Crippen LogP contribution is -2.42. The third-order valence-electron chi connectivity index (χ3n) is 6.57. The van der Waals surface area contributed by atoms with E-state index in [0.717, 1.165) is 37.3 Å². The number of aromatic nitrogens is 2. The van der Waals surface area contributed by atoms with Gasteiger partial charge in [0.25, 0.3) is 0 Å². The molecule has 2 atom stereocenters. The largest absolute Gasteiger partial charge is 0.480 e. The first-order valence-corrected chi connectivity index (χ1v) is 11.5. The maximum absolute atomic E-state index is 13.3. The minimum absolute atomic E-state index is 0.0147. The van der Waals surface area contributed by atoms with Crippen molar-refractivity contribution in [1.29, 1.82) is 0 Å². The van der Waals surface area contributed by atoms with Gasteiger partial charge in [-0.3, -0.25) is 4.79 Å². The molecule has 2 aromatic rings. The van der Waals surface area contributed by atoms with Crippen LogP contribution in [0.15, 0.2) is 36.4 Å². The molecule has 1 aromatic carbocycles. The predicted molar refractivity (Wildman–Crippen MR) is 124 cm³/mol. The second kappa shape index (κ2) is 10.2. The highest BCUT2D eigenvalue weighted by Crippen LogP contribution is 2.35. The van der Waals surface area contributed by atoms with Crippen LogP contribution in [-0.4, -0.2) is 72.0 Å². The molecule has 0 bridgehead atoms. The molecule has 1 aromatic heterocycles. The van der Waals surface area contributed by atoms with Crippen LogP contribution in [0.5, 0.6) is 5.88 Å². The van der Waals surface area contributed by atoms with Crippen LogP contribution >= 0.6 is 11.6 Å². The van der Waals surface area contributed by atoms with Crippen molar-refractivity contribution in [2.75, 3.05) is 44.7 Å². The Morgan fingerprint density at radius 1 is 1.12 bits per heavy atom. The number of hydrogen-bond donors (Lipinski definition) is 2. The van der Waals surface area contributed by atoms with E-state index >= 15 is 0 Å². The van der Waals surface area contributed by atoms with Crippen molar-refractivity contribution in [3.63, 3.8) is 0 Å². The zero-order valence-corrected chi connectivity index (χ0v) is 19.2. The van der Waals surface area contributed by atoms with E-state index < -0.39 is 6.09 Å². The number of benzene rings is 1. The van der Waals surface area contributed by atoms with Gasteiger partial charge in [0.1, 0.15) is 0 Å². The van der Waals surface area contributed by atoms with Crippen LogP contribution in [0.4, 0.5) is 10.6 Å². The Morgan fingerprint density at radius 2 is 1.85 bits per heavy atom. The van der Waals surface area contributed by atoms with Gasteiger partial charge in [0.05, 0.1) is 7.11 Å². The summed E-state index contributed by atoms with van der Waals surface area (Å²) in [4.78, 5) is 28.4. The second-order valence-electron chi connectivity index (χ2n) is 8.54. The summed E-state index contributed by atoms with van der Waals surface area (Å²) in [5.74, 6) is 1.43. The fourth-order valence-corrected chi connectivity index (χ4v) is 4.89. The van der Waals surface area contributed by atoms with E-state index in [0.29, 0.717) is 30.5 Å². The second-order valence-corrected chi connectivity index (χ2v) is 8.98. The monoisotopic (exact) mass is 473 g/mol. The van der Waals surface area contributed by atoms with Crippen molar-refractivity contribution in [1.82, 2.24) is 20.4 Å². The van der Waals surface area contributed by atoms with E-state index in [2.05, 4.69) is 20.4 Å². The Balaban J connectivity index is 1.39. The van der Waals surface area contributed by atoms with E-state index in [1.165, 1.54) is 0 Å². The highest BCUT2D eigenvalue weighted by Gasteiger charge is 2.39. The summed E-state index contributed by atoms with van der Waals surface area (Å²) in [5.41, 5.74) is 1.07. The van der Waals surface area contributed by atoms with Crippen molar-refractivity contribution < 1.29 is 19.4 Å². The van der Waals surface area contributed by atoms with Crippen LogP contribution in [0.2, 0.25) is 5.02 Å². The zero-order chi connectivity index (χ0) is 23.4. The van der Waals surface area contributed by atoms with Gasteiger partial charge < -0.3 is 25.0 Å². The molecule has 4 rings (SSSR count). The van der Waals surface area contributed by atoms with E-state index in [1.807, 2.05) is 35.2 Å². The van der Waals surface area contributed by atoms with Gasteiger partial charge in [0, 0.05) is 61.6 Å². The number of piperidine rings is 1. The Kier molecular flexibility index (Phi) is 7.17. The first-order valence-electron chi connectivity index (χ1n) is 11.1. The number of carbonyl (C=O) groups excluding carboxylic acids is 1. The Labute approximate surface area is 197 Å². The normalized spacial score (nSPS) is 21.2. The first kappa shape index (κ1) is 23.1. The van der Waals surface area contributed by atoms with Gasteiger partial charge in [-0.25, -0.2) is 4.79 Å². The number of rotatable bonds is 6. The number of anilines is 1. The number of hydrogen-bond acceptors (Lipinski definition) is 6. The maximum Gasteiger partial charge on any atom is 0.404 e. The summed E-state index contributed by atoms with van der Waals surface area (Å²) in [7, 11) is 1.55. The molecule has 0 radical (unpaired) electrons. The van der Waals surface area contributed by atoms with Gasteiger partial charge in [0.15, 0.2) is 5.82 Å². The molecule has 0 aliphatic carbocycles. The summed E-state index contributed by atoms with van der Waals surface area (Å²) in [6.45, 7) is 2.89. The summed E-state index contributed by atoms with van der Waals surface area (Å²) >= 11 is 6.04. The molecule has 2 aliphatic rings. The van der Waals surface area contributed by atoms with Crippen molar-refractivity contribution in [3.05, 3.63) is 47.0 Å². The van der Waals surface area contributed by atoms with Gasteiger partial charge in [-0.2, -0.15) is 0 Å². The van der Waals surface area contributed by atoms with Crippen molar-refractivity contribution in [2.45, 2.75) is 18.8 Å². The minimum atomic E-state index is -1.05. The summed E-state index contributed by atoms with van der Waals surface area (Å²) in [5, 5.41) is 20.4. The lowest BCUT2D eigenvalue weighted by Gasteiger charge is -2.33. The summed E-state index contributed by atoms with van der Waals surface area (Å²) in [6.07, 6.45) is 0.433. The summed E-state index contributed by atoms with van der Waals surface area (Å²) < 4.78 is 5.06. The molecule has 0 saturated carbocycles. The van der Waals surface area contributed by atoms with Crippen LogP contribution in [0.1, 0.15) is 24.3 Å². The first-order chi connectivity index (χ1) is 15.9. The molecule has 176 valence electrons. The topological polar surface area (TPSA) is 108 Å². The van der Waals surface area contributed by atoms with Crippen LogP contribution in [-0.2, 0) is 4.79 Å². The van der Waals surface area contributed by atoms with Gasteiger partial charge in [0.2, 0.25) is 11.8 Å². The van der Waals surface area contributed by atoms with Crippen molar-refractivity contribution in [2.24, 2.45) is 11.8 Å². The third kappa shape index (κ3) is 5.47. The molecule has 2 aliphatic heterocycles. The van der Waals surface area contributed by atoms with Crippen molar-refractivity contribution >= 4 is 29.4 Å². The average molecular weight is 474 g/mol. The highest BCUT2D eigenvalue weighted by atomic mass is 35.5. The number of halogens is 1. The Bertz CT molecular complexity index is 964. The van der Waals surface area contributed by atoms with E-state index in [-0.39, 0.29) is 23.7 Å². The fourth-order valence-electron chi connectivity index (χ4n) is 4.77. The molecule has 0 spiro atoms. The van der Waals surface area contributed by atoms with Crippen molar-refractivity contribution in [3.8, 4) is 5.88 Å². The SMILES string of the molecule is COc1ccc(N2CCC(C(=O)N3C[C@H](CNC(=O)O)[C@H](c4ccc(Cl)cc4)C3)CC2)nn1. The zero-order valence-electron chi connectivity index (χ0n) is 18.5. The number of likely N-dealkylation sites (tertiary alicyclic amines) is 1. The minimum Gasteiger partial charge on any atom is -0.480 e. The van der Waals surface area contributed by atoms with E-state index in [1.54, 1.807) is 13.2 Å². The maximum atomic E-state index is 13.3. The number of nitrogens with zero attached hydrogens (tertiary/aromatic N) is 4. The highest BCUT2D eigenvalue weighted by molar-refractivity contribution is 6.30. The number of methoxy groups -OCH3 is 1. The molecule has 10 heteroatoms. The predicted octanol–water partition coefficient (Wildman–Crippen LogP) is 2.86. The van der Waals surface area contributed by atoms with Crippen LogP contribution in [0.25, 0.3) is 0 Å². The molecule has 3 heterocycles. The lowest BCUT2D eigenvalue weighted by molar-refractivity contribution is -0.135. The molecule has 9 nitrogen and oxygen atoms in total. The molecule has 2 N–H and O–H groups in total. The molecule has 2 fully saturated rings. The lowest BCUT2D eigenvalue weighted by atomic mass is 9.89. The standard InChI is InChI=1S/C23H28ClN5O4/c1-33-21-7-6-20(26-27-21)28-10-8-16(9-11-28)22(30)29-13-17(12-25-23(31)32)19(14-29)15-2-4-18(24)5-3-15/h2-7,16-17,19,25H,8-14H2,1H3,(H,31,32)/t17-,19-/m0/s1. The van der Waals surface area contributed by atoms with Crippen LogP contribution < -0.4 is 15.0 Å². The summed E-state index contributed by atoms with van der Waals surface area (Å²) in [6, 6.07) is 11.3. The third-order valence-corrected chi connectivity index (χ3v) is 6.82. The number of ether oxygens (including phenoxy) is 1. The van der Waals surface area contributed by atoms with Gasteiger partial charge >= 0.3 is 6.09 Å². The molecule has 0 unspecified atom stereocenters. The molecule has 2 saturated heterocycles. The van der Waals surface area contributed by atoms with Gasteiger partial charge in [-0.05, 0) is 36.6 Å². The molecular weight excluding hydrogens is 446 g/mol. The Morgan fingerprint density at radius 3 is 2.45 bits per heavy atom. The van der Waals surface area contributed by atoms with Crippen LogP contribution in [0.3, 0.4) is 0 Å². The smallest absolute Gasteiger partial charge is 0.404 e. The van der Waals surface area contributed by atoms with Gasteiger partial charge in [-0.15, -0.1) is 10.2 Å². The van der Waals surface area contributed by atoms with E-state index in [4.69, 9.17) is 21.4 Å². The molecule has 2 amide bonds. The van der Waals surface area contributed by atoms with Gasteiger partial charge in [-0.1, -0.05) is 23.7 Å². The molecular formula is C23H28ClN5O4. The quantitative estimate of drug-likeness (QED) is 0.664. The number of carboxylic acid groups (broad SMARTS) is 1. The number of amides is 2. The number of carbonyl (C=O) groups is 2. The van der Waals surface area contributed by atoms with E-state index in [9.17, 15) is 9.59 Å².